The molecule has 4 nitrogen and oxygen atoms in total. The molecule has 0 aliphatic carbocycles. The zero-order valence-electron chi connectivity index (χ0n) is 19.3. The summed E-state index contributed by atoms with van der Waals surface area (Å²) in [5, 5.41) is 3.67. The number of nitrogens with one attached hydrogen (secondary N) is 1. The molecule has 0 amide bonds. The lowest BCUT2D eigenvalue weighted by atomic mass is 9.76. The molecular formula is C30H29NO3. The van der Waals surface area contributed by atoms with E-state index in [9.17, 15) is 4.79 Å². The van der Waals surface area contributed by atoms with Gasteiger partial charge in [0.05, 0.1) is 12.1 Å². The molecule has 0 aromatic heterocycles. The van der Waals surface area contributed by atoms with Crippen molar-refractivity contribution in [1.82, 2.24) is 5.32 Å². The van der Waals surface area contributed by atoms with Crippen LogP contribution in [0.25, 0.3) is 0 Å². The van der Waals surface area contributed by atoms with Crippen LogP contribution in [0.2, 0.25) is 0 Å². The van der Waals surface area contributed by atoms with Gasteiger partial charge in [0.1, 0.15) is 18.4 Å². The molecule has 1 atom stereocenters. The van der Waals surface area contributed by atoms with Gasteiger partial charge in [-0.05, 0) is 35.7 Å². The van der Waals surface area contributed by atoms with Crippen molar-refractivity contribution in [2.75, 3.05) is 13.2 Å². The van der Waals surface area contributed by atoms with Crippen molar-refractivity contribution in [1.29, 1.82) is 0 Å². The van der Waals surface area contributed by atoms with Crippen molar-refractivity contribution in [2.24, 2.45) is 0 Å². The zero-order valence-corrected chi connectivity index (χ0v) is 19.3. The van der Waals surface area contributed by atoms with E-state index in [1.165, 1.54) is 0 Å². The van der Waals surface area contributed by atoms with Crippen LogP contribution in [-0.4, -0.2) is 25.2 Å². The van der Waals surface area contributed by atoms with E-state index in [1.54, 1.807) is 0 Å². The molecule has 0 heterocycles. The fourth-order valence-corrected chi connectivity index (χ4v) is 4.18. The Labute approximate surface area is 201 Å². The van der Waals surface area contributed by atoms with Crippen molar-refractivity contribution >= 4 is 5.97 Å². The molecule has 0 saturated heterocycles. The van der Waals surface area contributed by atoms with Crippen molar-refractivity contribution in [2.45, 2.75) is 18.5 Å². The molecular weight excluding hydrogens is 422 g/mol. The summed E-state index contributed by atoms with van der Waals surface area (Å²) in [7, 11) is 0. The van der Waals surface area contributed by atoms with E-state index in [1.807, 2.05) is 91.9 Å². The van der Waals surface area contributed by atoms with E-state index >= 15 is 0 Å². The number of hydrogen-bond acceptors (Lipinski definition) is 4. The van der Waals surface area contributed by atoms with Crippen LogP contribution in [0.3, 0.4) is 0 Å². The predicted molar refractivity (Wildman–Crippen MR) is 135 cm³/mol. The van der Waals surface area contributed by atoms with Gasteiger partial charge in [-0.1, -0.05) is 109 Å². The van der Waals surface area contributed by atoms with Crippen LogP contribution in [0.4, 0.5) is 0 Å². The highest BCUT2D eigenvalue weighted by Gasteiger charge is 2.40. The molecule has 4 aromatic rings. The highest BCUT2D eigenvalue weighted by Crippen LogP contribution is 2.37. The van der Waals surface area contributed by atoms with Crippen LogP contribution in [0.15, 0.2) is 121 Å². The maximum Gasteiger partial charge on any atom is 0.326 e. The molecule has 0 radical (unpaired) electrons. The highest BCUT2D eigenvalue weighted by molar-refractivity contribution is 5.76. The highest BCUT2D eigenvalue weighted by atomic mass is 16.5. The van der Waals surface area contributed by atoms with Crippen molar-refractivity contribution in [3.63, 3.8) is 0 Å². The minimum atomic E-state index is -0.804. The number of carbonyl (C=O) groups is 1. The van der Waals surface area contributed by atoms with E-state index in [0.29, 0.717) is 5.75 Å². The standard InChI is InChI=1S/C30H29NO3/c1-2-33-29(32)28(23-34-27-21-13-6-14-22-27)31-30(24-15-7-3-8-16-24,25-17-9-4-10-18-25)26-19-11-5-12-20-26/h3-22,28,31H,2,23H2,1H3. The molecule has 0 aliphatic heterocycles. The Balaban J connectivity index is 1.83. The number of rotatable bonds is 10. The molecule has 172 valence electrons. The van der Waals surface area contributed by atoms with Gasteiger partial charge in [0.2, 0.25) is 0 Å². The van der Waals surface area contributed by atoms with Gasteiger partial charge < -0.3 is 9.47 Å². The molecule has 34 heavy (non-hydrogen) atoms. The quantitative estimate of drug-likeness (QED) is 0.253. The summed E-state index contributed by atoms with van der Waals surface area (Å²) in [6.07, 6.45) is 0. The summed E-state index contributed by atoms with van der Waals surface area (Å²) in [6.45, 7) is 2.22. The summed E-state index contributed by atoms with van der Waals surface area (Å²) in [5.41, 5.74) is 2.24. The maximum absolute atomic E-state index is 13.2. The lowest BCUT2D eigenvalue weighted by Crippen LogP contribution is -2.55. The fourth-order valence-electron chi connectivity index (χ4n) is 4.18. The van der Waals surface area contributed by atoms with Crippen molar-refractivity contribution < 1.29 is 14.3 Å². The number of carbonyl (C=O) groups excluding carboxylic acids is 1. The second-order valence-corrected chi connectivity index (χ2v) is 7.92. The van der Waals surface area contributed by atoms with E-state index in [-0.39, 0.29) is 19.2 Å². The summed E-state index contributed by atoms with van der Waals surface area (Å²) in [5.74, 6) is 0.342. The average Bonchev–Trinajstić information content (AvgIpc) is 2.91. The first-order valence-corrected chi connectivity index (χ1v) is 11.5. The van der Waals surface area contributed by atoms with Crippen LogP contribution in [0.1, 0.15) is 23.6 Å². The Morgan fingerprint density at radius 2 is 1.12 bits per heavy atom. The van der Waals surface area contributed by atoms with E-state index in [4.69, 9.17) is 9.47 Å². The average molecular weight is 452 g/mol. The Morgan fingerprint density at radius 1 is 0.706 bits per heavy atom. The Bertz CT molecular complexity index is 1050. The lowest BCUT2D eigenvalue weighted by Gasteiger charge is -2.39. The Kier molecular flexibility index (Phi) is 7.74. The number of para-hydroxylation sites is 1. The first-order chi connectivity index (χ1) is 16.7. The first kappa shape index (κ1) is 23.3. The van der Waals surface area contributed by atoms with Gasteiger partial charge >= 0.3 is 5.97 Å². The molecule has 0 saturated carbocycles. The van der Waals surface area contributed by atoms with Crippen LogP contribution in [0, 0.1) is 0 Å². The Hall–Kier alpha value is -3.89. The number of hydrogen-bond donors (Lipinski definition) is 1. The van der Waals surface area contributed by atoms with Crippen LogP contribution >= 0.6 is 0 Å². The smallest absolute Gasteiger partial charge is 0.326 e. The van der Waals surface area contributed by atoms with E-state index in [2.05, 4.69) is 41.7 Å². The molecule has 0 bridgehead atoms. The van der Waals surface area contributed by atoms with Crippen molar-refractivity contribution in [3.8, 4) is 5.75 Å². The van der Waals surface area contributed by atoms with Crippen LogP contribution < -0.4 is 10.1 Å². The van der Waals surface area contributed by atoms with E-state index < -0.39 is 11.6 Å². The van der Waals surface area contributed by atoms with Gasteiger partial charge in [0.15, 0.2) is 0 Å². The monoisotopic (exact) mass is 451 g/mol. The van der Waals surface area contributed by atoms with Gasteiger partial charge in [-0.2, -0.15) is 0 Å². The normalized spacial score (nSPS) is 12.0. The van der Waals surface area contributed by atoms with Crippen molar-refractivity contribution in [3.05, 3.63) is 138 Å². The minimum Gasteiger partial charge on any atom is -0.491 e. The molecule has 4 rings (SSSR count). The summed E-state index contributed by atoms with van der Waals surface area (Å²) in [4.78, 5) is 13.2. The number of esters is 1. The Morgan fingerprint density at radius 3 is 1.53 bits per heavy atom. The predicted octanol–water partition coefficient (Wildman–Crippen LogP) is 5.58. The summed E-state index contributed by atoms with van der Waals surface area (Å²) in [6, 6.07) is 39.3. The summed E-state index contributed by atoms with van der Waals surface area (Å²) >= 11 is 0. The fraction of sp³-hybridized carbons (Fsp3) is 0.167. The first-order valence-electron chi connectivity index (χ1n) is 11.5. The molecule has 1 N–H and O–H groups in total. The third-order valence-corrected chi connectivity index (χ3v) is 5.74. The van der Waals surface area contributed by atoms with Gasteiger partial charge in [-0.15, -0.1) is 0 Å². The SMILES string of the molecule is CCOC(=O)C(COc1ccccc1)NC(c1ccccc1)(c1ccccc1)c1ccccc1. The van der Waals surface area contributed by atoms with Gasteiger partial charge in [0, 0.05) is 0 Å². The molecule has 4 heteroatoms. The molecule has 0 fully saturated rings. The minimum absolute atomic E-state index is 0.122. The summed E-state index contributed by atoms with van der Waals surface area (Å²) < 4.78 is 11.5. The van der Waals surface area contributed by atoms with Gasteiger partial charge in [-0.25, -0.2) is 0 Å². The maximum atomic E-state index is 13.2. The molecule has 0 spiro atoms. The van der Waals surface area contributed by atoms with Gasteiger partial charge in [0.25, 0.3) is 0 Å². The largest absolute Gasteiger partial charge is 0.491 e. The lowest BCUT2D eigenvalue weighted by molar-refractivity contribution is -0.146. The molecule has 4 aromatic carbocycles. The topological polar surface area (TPSA) is 47.6 Å². The third kappa shape index (κ3) is 5.19. The molecule has 1 unspecified atom stereocenters. The zero-order chi connectivity index (χ0) is 23.6. The third-order valence-electron chi connectivity index (χ3n) is 5.74. The van der Waals surface area contributed by atoms with Crippen LogP contribution in [-0.2, 0) is 15.1 Å². The van der Waals surface area contributed by atoms with Gasteiger partial charge in [-0.3, -0.25) is 10.1 Å². The number of benzene rings is 4. The number of ether oxygens (including phenoxy) is 2. The molecule has 0 aliphatic rings. The van der Waals surface area contributed by atoms with Crippen LogP contribution in [0.5, 0.6) is 5.75 Å². The second kappa shape index (κ2) is 11.3. The van der Waals surface area contributed by atoms with E-state index in [0.717, 1.165) is 16.7 Å². The second-order valence-electron chi connectivity index (χ2n) is 7.92.